The quantitative estimate of drug-likeness (QED) is 0.497. The van der Waals surface area contributed by atoms with Crippen molar-refractivity contribution in [2.75, 3.05) is 51.6 Å². The fraction of sp³-hybridized carbons (Fsp3) is 0.522. The second kappa shape index (κ2) is 10.8. The molecule has 1 amide bonds. The number of para-hydroxylation sites is 1. The minimum Gasteiger partial charge on any atom is -0.494 e. The number of hydrogen-bond acceptors (Lipinski definition) is 10. The van der Waals surface area contributed by atoms with E-state index < -0.39 is 18.3 Å². The molecule has 2 aliphatic rings. The highest BCUT2D eigenvalue weighted by Crippen LogP contribution is 2.34. The number of methoxy groups -OCH3 is 1. The van der Waals surface area contributed by atoms with Crippen molar-refractivity contribution < 1.29 is 27.8 Å². The number of carbonyl (C=O) groups excluding carboxylic acids is 1. The number of alkyl halides is 2. The van der Waals surface area contributed by atoms with Crippen molar-refractivity contribution in [3.05, 3.63) is 29.8 Å². The van der Waals surface area contributed by atoms with E-state index in [1.165, 1.54) is 11.7 Å². The average molecular weight is 519 g/mol. The van der Waals surface area contributed by atoms with Gasteiger partial charge in [0.2, 0.25) is 11.9 Å². The standard InChI is InChI=1S/C23H28F2N8O4/c1-35-16-7-4-6-14-17(16)27-20(18(24)25)33(14)23-29-19(28-22(30-23)31-9-11-36-12-10-31)15-5-2-3-8-32(15)13-37-21(26)34/h4,6-7,15,18H,2-3,5,8-13H2,1H3,(H2,26,34)/t15-/m1/s1. The van der Waals surface area contributed by atoms with Gasteiger partial charge in [-0.2, -0.15) is 15.0 Å². The van der Waals surface area contributed by atoms with E-state index in [0.29, 0.717) is 62.3 Å². The fourth-order valence-corrected chi connectivity index (χ4v) is 4.72. The Morgan fingerprint density at radius 2 is 1.92 bits per heavy atom. The predicted molar refractivity (Wildman–Crippen MR) is 128 cm³/mol. The highest BCUT2D eigenvalue weighted by molar-refractivity contribution is 5.84. The van der Waals surface area contributed by atoms with Gasteiger partial charge in [0.15, 0.2) is 11.6 Å². The zero-order valence-electron chi connectivity index (χ0n) is 20.3. The molecule has 37 heavy (non-hydrogen) atoms. The number of rotatable bonds is 7. The monoisotopic (exact) mass is 518 g/mol. The number of morpholine rings is 1. The summed E-state index contributed by atoms with van der Waals surface area (Å²) in [6.45, 7) is 2.68. The van der Waals surface area contributed by atoms with Gasteiger partial charge in [-0.3, -0.25) is 9.47 Å². The van der Waals surface area contributed by atoms with Gasteiger partial charge in [0, 0.05) is 19.6 Å². The van der Waals surface area contributed by atoms with Crippen molar-refractivity contribution in [2.45, 2.75) is 31.7 Å². The molecule has 1 atom stereocenters. The number of carbonyl (C=O) groups is 1. The molecule has 0 unspecified atom stereocenters. The molecule has 2 saturated heterocycles. The van der Waals surface area contributed by atoms with E-state index >= 15 is 0 Å². The number of piperidine rings is 1. The Hall–Kier alpha value is -3.65. The molecular weight excluding hydrogens is 490 g/mol. The third-order valence-corrected chi connectivity index (χ3v) is 6.50. The largest absolute Gasteiger partial charge is 0.494 e. The summed E-state index contributed by atoms with van der Waals surface area (Å²) >= 11 is 0. The maximum absolute atomic E-state index is 14.2. The van der Waals surface area contributed by atoms with E-state index in [-0.39, 0.29) is 24.2 Å². The van der Waals surface area contributed by atoms with Gasteiger partial charge in [0.1, 0.15) is 18.0 Å². The number of halogens is 2. The number of nitrogens with zero attached hydrogens (tertiary/aromatic N) is 7. The lowest BCUT2D eigenvalue weighted by Gasteiger charge is -2.34. The summed E-state index contributed by atoms with van der Waals surface area (Å²) in [7, 11) is 1.46. The van der Waals surface area contributed by atoms with Crippen LogP contribution in [0.3, 0.4) is 0 Å². The molecule has 198 valence electrons. The maximum atomic E-state index is 14.2. The van der Waals surface area contributed by atoms with Crippen LogP contribution in [0.1, 0.15) is 43.4 Å². The van der Waals surface area contributed by atoms with Crippen molar-refractivity contribution in [1.82, 2.24) is 29.4 Å². The van der Waals surface area contributed by atoms with Gasteiger partial charge < -0.3 is 24.8 Å². The van der Waals surface area contributed by atoms with Crippen molar-refractivity contribution >= 4 is 23.1 Å². The first-order valence-corrected chi connectivity index (χ1v) is 12.0. The number of anilines is 1. The van der Waals surface area contributed by atoms with Crippen LogP contribution in [0.4, 0.5) is 19.5 Å². The van der Waals surface area contributed by atoms with Crippen LogP contribution in [0, 0.1) is 0 Å². The van der Waals surface area contributed by atoms with E-state index in [0.717, 1.165) is 12.8 Å². The van der Waals surface area contributed by atoms with Crippen LogP contribution in [0.5, 0.6) is 5.75 Å². The van der Waals surface area contributed by atoms with Crippen LogP contribution in [0.15, 0.2) is 18.2 Å². The summed E-state index contributed by atoms with van der Waals surface area (Å²) in [6.07, 6.45) is -1.28. The van der Waals surface area contributed by atoms with Gasteiger partial charge >= 0.3 is 6.09 Å². The van der Waals surface area contributed by atoms with Crippen LogP contribution in [0.2, 0.25) is 0 Å². The number of primary amides is 1. The Labute approximate surface area is 211 Å². The van der Waals surface area contributed by atoms with E-state index in [4.69, 9.17) is 24.9 Å². The molecule has 3 aromatic rings. The van der Waals surface area contributed by atoms with Gasteiger partial charge in [-0.1, -0.05) is 12.5 Å². The lowest BCUT2D eigenvalue weighted by atomic mass is 10.0. The van der Waals surface area contributed by atoms with Crippen LogP contribution < -0.4 is 15.4 Å². The number of nitrogens with two attached hydrogens (primary N) is 1. The second-order valence-electron chi connectivity index (χ2n) is 8.74. The molecule has 0 aliphatic carbocycles. The summed E-state index contributed by atoms with van der Waals surface area (Å²) in [5.41, 5.74) is 5.85. The predicted octanol–water partition coefficient (Wildman–Crippen LogP) is 2.57. The van der Waals surface area contributed by atoms with Crippen LogP contribution in [-0.2, 0) is 9.47 Å². The number of aromatic nitrogens is 5. The first-order chi connectivity index (χ1) is 18.0. The number of hydrogen-bond donors (Lipinski definition) is 1. The molecule has 0 bridgehead atoms. The van der Waals surface area contributed by atoms with Gasteiger partial charge in [0.25, 0.3) is 6.43 Å². The molecule has 0 radical (unpaired) electrons. The number of amides is 1. The minimum atomic E-state index is -2.89. The maximum Gasteiger partial charge on any atom is 0.405 e. The third kappa shape index (κ3) is 5.11. The molecule has 0 spiro atoms. The molecule has 0 saturated carbocycles. The molecule has 1 aromatic carbocycles. The molecule has 2 aliphatic heterocycles. The summed E-state index contributed by atoms with van der Waals surface area (Å²) in [4.78, 5) is 33.3. The zero-order chi connectivity index (χ0) is 25.9. The second-order valence-corrected chi connectivity index (χ2v) is 8.74. The van der Waals surface area contributed by atoms with Crippen LogP contribution in [-0.4, -0.2) is 82.2 Å². The topological polar surface area (TPSA) is 134 Å². The molecule has 4 heterocycles. The number of imidazole rings is 1. The number of fused-ring (bicyclic) bond motifs is 1. The molecule has 12 nitrogen and oxygen atoms in total. The number of likely N-dealkylation sites (tertiary alicyclic amines) is 1. The van der Waals surface area contributed by atoms with E-state index in [1.807, 2.05) is 9.80 Å². The Bertz CT molecular complexity index is 1270. The molecule has 2 fully saturated rings. The first-order valence-electron chi connectivity index (χ1n) is 12.0. The van der Waals surface area contributed by atoms with Gasteiger partial charge in [0.05, 0.1) is 31.9 Å². The molecule has 5 rings (SSSR count). The third-order valence-electron chi connectivity index (χ3n) is 6.50. The smallest absolute Gasteiger partial charge is 0.405 e. The van der Waals surface area contributed by atoms with Gasteiger partial charge in [-0.15, -0.1) is 0 Å². The van der Waals surface area contributed by atoms with Gasteiger partial charge in [-0.05, 0) is 25.0 Å². The highest BCUT2D eigenvalue weighted by Gasteiger charge is 2.31. The summed E-state index contributed by atoms with van der Waals surface area (Å²) in [5.74, 6) is 0.641. The Morgan fingerprint density at radius 1 is 1.14 bits per heavy atom. The summed E-state index contributed by atoms with van der Waals surface area (Å²) in [5, 5.41) is 0. The normalized spacial score (nSPS) is 18.9. The molecule has 2 N–H and O–H groups in total. The van der Waals surface area contributed by atoms with E-state index in [9.17, 15) is 13.6 Å². The Balaban J connectivity index is 1.66. The molecule has 14 heteroatoms. The van der Waals surface area contributed by atoms with Crippen molar-refractivity contribution in [1.29, 1.82) is 0 Å². The molecule has 2 aromatic heterocycles. The Morgan fingerprint density at radius 3 is 2.65 bits per heavy atom. The van der Waals surface area contributed by atoms with E-state index in [2.05, 4.69) is 15.0 Å². The molecular formula is C23H28F2N8O4. The lowest BCUT2D eigenvalue weighted by molar-refractivity contribution is 0.0259. The van der Waals surface area contributed by atoms with Crippen molar-refractivity contribution in [2.24, 2.45) is 5.73 Å². The van der Waals surface area contributed by atoms with Crippen LogP contribution in [0.25, 0.3) is 17.0 Å². The number of benzene rings is 1. The number of ether oxygens (including phenoxy) is 3. The van der Waals surface area contributed by atoms with E-state index in [1.54, 1.807) is 18.2 Å². The Kier molecular flexibility index (Phi) is 7.28. The minimum absolute atomic E-state index is 0.0264. The summed E-state index contributed by atoms with van der Waals surface area (Å²) in [6, 6.07) is 4.70. The highest BCUT2D eigenvalue weighted by atomic mass is 19.3. The zero-order valence-corrected chi connectivity index (χ0v) is 20.3. The fourth-order valence-electron chi connectivity index (χ4n) is 4.72. The summed E-state index contributed by atoms with van der Waals surface area (Å²) < 4.78 is 45.6. The van der Waals surface area contributed by atoms with Crippen molar-refractivity contribution in [3.8, 4) is 11.7 Å². The van der Waals surface area contributed by atoms with Crippen molar-refractivity contribution in [3.63, 3.8) is 0 Å². The first kappa shape index (κ1) is 25.0. The van der Waals surface area contributed by atoms with Gasteiger partial charge in [-0.25, -0.2) is 18.6 Å². The average Bonchev–Trinajstić information content (AvgIpc) is 3.33. The lowest BCUT2D eigenvalue weighted by Crippen LogP contribution is -2.40. The van der Waals surface area contributed by atoms with Crippen LogP contribution >= 0.6 is 0 Å². The SMILES string of the molecule is COc1cccc2c1nc(C(F)F)n2-c1nc([C@H]2CCCCN2COC(N)=O)nc(N2CCOCC2)n1.